The summed E-state index contributed by atoms with van der Waals surface area (Å²) < 4.78 is 0. The van der Waals surface area contributed by atoms with Crippen LogP contribution in [0.25, 0.3) is 0 Å². The zero-order valence-corrected chi connectivity index (χ0v) is 13.4. The van der Waals surface area contributed by atoms with Crippen molar-refractivity contribution in [1.82, 2.24) is 10.2 Å². The van der Waals surface area contributed by atoms with Crippen LogP contribution in [0.5, 0.6) is 0 Å². The Morgan fingerprint density at radius 1 is 1.25 bits per heavy atom. The van der Waals surface area contributed by atoms with Crippen LogP contribution in [0, 0.1) is 12.3 Å². The van der Waals surface area contributed by atoms with Gasteiger partial charge in [0, 0.05) is 19.6 Å². The molecule has 0 atom stereocenters. The third-order valence-corrected chi connectivity index (χ3v) is 4.55. The van der Waals surface area contributed by atoms with Gasteiger partial charge in [0.1, 0.15) is 0 Å². The molecule has 1 aromatic rings. The van der Waals surface area contributed by atoms with Gasteiger partial charge in [0.2, 0.25) is 0 Å². The maximum Gasteiger partial charge on any atom is 0.0231 e. The van der Waals surface area contributed by atoms with Gasteiger partial charge in [-0.25, -0.2) is 0 Å². The highest BCUT2D eigenvalue weighted by molar-refractivity contribution is 5.22. The normalized spacial score (nSPS) is 17.8. The highest BCUT2D eigenvalue weighted by atomic mass is 15.1. The summed E-state index contributed by atoms with van der Waals surface area (Å²) in [6.07, 6.45) is 5.59. The molecule has 0 aromatic heterocycles. The van der Waals surface area contributed by atoms with E-state index in [0.29, 0.717) is 5.41 Å². The first kappa shape index (κ1) is 15.5. The first-order chi connectivity index (χ1) is 9.63. The SMILES string of the molecule is CCNCC1(CN(C)Cc2cccc(C)c2)CCCC1. The molecule has 20 heavy (non-hydrogen) atoms. The summed E-state index contributed by atoms with van der Waals surface area (Å²) in [4.78, 5) is 2.51. The lowest BCUT2D eigenvalue weighted by molar-refractivity contribution is 0.168. The zero-order chi connectivity index (χ0) is 14.4. The highest BCUT2D eigenvalue weighted by Crippen LogP contribution is 2.38. The molecule has 0 unspecified atom stereocenters. The summed E-state index contributed by atoms with van der Waals surface area (Å²) in [5.74, 6) is 0. The molecule has 0 spiro atoms. The van der Waals surface area contributed by atoms with E-state index in [-0.39, 0.29) is 0 Å². The van der Waals surface area contributed by atoms with E-state index >= 15 is 0 Å². The van der Waals surface area contributed by atoms with E-state index in [1.807, 2.05) is 0 Å². The molecule has 0 amide bonds. The van der Waals surface area contributed by atoms with Gasteiger partial charge in [-0.15, -0.1) is 0 Å². The highest BCUT2D eigenvalue weighted by Gasteiger charge is 2.34. The lowest BCUT2D eigenvalue weighted by Gasteiger charge is -2.34. The molecule has 2 rings (SSSR count). The van der Waals surface area contributed by atoms with E-state index in [9.17, 15) is 0 Å². The minimum absolute atomic E-state index is 0.509. The van der Waals surface area contributed by atoms with Crippen LogP contribution < -0.4 is 5.32 Å². The fourth-order valence-electron chi connectivity index (χ4n) is 3.66. The predicted octanol–water partition coefficient (Wildman–Crippen LogP) is 3.60. The Kier molecular flexibility index (Phi) is 5.62. The van der Waals surface area contributed by atoms with Crippen LogP contribution in [-0.2, 0) is 6.54 Å². The van der Waals surface area contributed by atoms with E-state index in [2.05, 4.69) is 55.4 Å². The number of nitrogens with one attached hydrogen (secondary N) is 1. The number of benzene rings is 1. The minimum Gasteiger partial charge on any atom is -0.316 e. The maximum atomic E-state index is 3.58. The maximum absolute atomic E-state index is 3.58. The van der Waals surface area contributed by atoms with Gasteiger partial charge in [-0.05, 0) is 44.3 Å². The third kappa shape index (κ3) is 4.32. The van der Waals surface area contributed by atoms with Crippen molar-refractivity contribution in [2.75, 3.05) is 26.7 Å². The number of hydrogen-bond acceptors (Lipinski definition) is 2. The van der Waals surface area contributed by atoms with Crippen molar-refractivity contribution in [3.63, 3.8) is 0 Å². The molecular formula is C18H30N2. The van der Waals surface area contributed by atoms with Gasteiger partial charge in [0.15, 0.2) is 0 Å². The number of hydrogen-bond donors (Lipinski definition) is 1. The van der Waals surface area contributed by atoms with Gasteiger partial charge in [-0.3, -0.25) is 0 Å². The summed E-state index contributed by atoms with van der Waals surface area (Å²) >= 11 is 0. The lowest BCUT2D eigenvalue weighted by atomic mass is 9.85. The largest absolute Gasteiger partial charge is 0.316 e. The summed E-state index contributed by atoms with van der Waals surface area (Å²) in [5, 5.41) is 3.58. The average molecular weight is 274 g/mol. The molecule has 0 radical (unpaired) electrons. The van der Waals surface area contributed by atoms with E-state index in [0.717, 1.165) is 13.1 Å². The van der Waals surface area contributed by atoms with Crippen LogP contribution in [0.3, 0.4) is 0 Å². The van der Waals surface area contributed by atoms with Gasteiger partial charge < -0.3 is 10.2 Å². The van der Waals surface area contributed by atoms with Gasteiger partial charge in [-0.1, -0.05) is 49.6 Å². The molecule has 2 heteroatoms. The summed E-state index contributed by atoms with van der Waals surface area (Å²) in [5.41, 5.74) is 3.30. The fourth-order valence-corrected chi connectivity index (χ4v) is 3.66. The average Bonchev–Trinajstić information content (AvgIpc) is 2.85. The number of rotatable bonds is 7. The summed E-state index contributed by atoms with van der Waals surface area (Å²) in [6, 6.07) is 8.90. The third-order valence-electron chi connectivity index (χ3n) is 4.55. The van der Waals surface area contributed by atoms with E-state index < -0.39 is 0 Å². The molecule has 1 aliphatic carbocycles. The molecular weight excluding hydrogens is 244 g/mol. The second kappa shape index (κ2) is 7.24. The van der Waals surface area contributed by atoms with Crippen molar-refractivity contribution in [3.8, 4) is 0 Å². The Hall–Kier alpha value is -0.860. The smallest absolute Gasteiger partial charge is 0.0231 e. The molecule has 1 fully saturated rings. The van der Waals surface area contributed by atoms with Crippen molar-refractivity contribution in [3.05, 3.63) is 35.4 Å². The Labute approximate surface area is 124 Å². The second-order valence-electron chi connectivity index (χ2n) is 6.65. The first-order valence-electron chi connectivity index (χ1n) is 8.08. The molecule has 0 saturated heterocycles. The van der Waals surface area contributed by atoms with Gasteiger partial charge in [0.25, 0.3) is 0 Å². The molecule has 0 heterocycles. The van der Waals surface area contributed by atoms with Gasteiger partial charge in [0.05, 0.1) is 0 Å². The summed E-state index contributed by atoms with van der Waals surface area (Å²) in [6.45, 7) is 8.93. The Bertz CT molecular complexity index is 408. The van der Waals surface area contributed by atoms with Crippen molar-refractivity contribution in [2.24, 2.45) is 5.41 Å². The lowest BCUT2D eigenvalue weighted by Crippen LogP contribution is -2.41. The Morgan fingerprint density at radius 3 is 2.65 bits per heavy atom. The molecule has 0 aliphatic heterocycles. The van der Waals surface area contributed by atoms with E-state index in [1.165, 1.54) is 49.9 Å². The molecule has 1 saturated carbocycles. The molecule has 0 bridgehead atoms. The fraction of sp³-hybridized carbons (Fsp3) is 0.667. The predicted molar refractivity (Wildman–Crippen MR) is 87.0 cm³/mol. The first-order valence-corrected chi connectivity index (χ1v) is 8.08. The van der Waals surface area contributed by atoms with Gasteiger partial charge in [-0.2, -0.15) is 0 Å². The number of aryl methyl sites for hydroxylation is 1. The molecule has 112 valence electrons. The van der Waals surface area contributed by atoms with E-state index in [4.69, 9.17) is 0 Å². The zero-order valence-electron chi connectivity index (χ0n) is 13.4. The Balaban J connectivity index is 1.93. The molecule has 1 N–H and O–H groups in total. The second-order valence-corrected chi connectivity index (χ2v) is 6.65. The quantitative estimate of drug-likeness (QED) is 0.817. The Morgan fingerprint density at radius 2 is 2.00 bits per heavy atom. The van der Waals surface area contributed by atoms with Crippen molar-refractivity contribution < 1.29 is 0 Å². The van der Waals surface area contributed by atoms with E-state index in [1.54, 1.807) is 0 Å². The van der Waals surface area contributed by atoms with Gasteiger partial charge >= 0.3 is 0 Å². The standard InChI is InChI=1S/C18H30N2/c1-4-19-14-18(10-5-6-11-18)15-20(3)13-17-9-7-8-16(2)12-17/h7-9,12,19H,4-6,10-11,13-15H2,1-3H3. The van der Waals surface area contributed by atoms with Crippen molar-refractivity contribution >= 4 is 0 Å². The topological polar surface area (TPSA) is 15.3 Å². The van der Waals surface area contributed by atoms with Crippen LogP contribution in [0.15, 0.2) is 24.3 Å². The van der Waals surface area contributed by atoms with Crippen LogP contribution in [0.2, 0.25) is 0 Å². The van der Waals surface area contributed by atoms with Crippen LogP contribution in [0.1, 0.15) is 43.7 Å². The molecule has 2 nitrogen and oxygen atoms in total. The van der Waals surface area contributed by atoms with Crippen molar-refractivity contribution in [1.29, 1.82) is 0 Å². The molecule has 1 aliphatic rings. The van der Waals surface area contributed by atoms with Crippen LogP contribution in [-0.4, -0.2) is 31.6 Å². The van der Waals surface area contributed by atoms with Crippen LogP contribution >= 0.6 is 0 Å². The minimum atomic E-state index is 0.509. The van der Waals surface area contributed by atoms with Crippen LogP contribution in [0.4, 0.5) is 0 Å². The molecule has 1 aromatic carbocycles. The number of nitrogens with zero attached hydrogens (tertiary/aromatic N) is 1. The van der Waals surface area contributed by atoms with Crippen molar-refractivity contribution in [2.45, 2.75) is 46.1 Å². The summed E-state index contributed by atoms with van der Waals surface area (Å²) in [7, 11) is 2.27. The monoisotopic (exact) mass is 274 g/mol.